The SMILES string of the molecule is C=CCOC(=O)C(C(=O)CC=Cc1ccccc1)=S(=O)=O. The van der Waals surface area contributed by atoms with Gasteiger partial charge in [0.1, 0.15) is 6.61 Å². The molecule has 0 radical (unpaired) electrons. The average Bonchev–Trinajstić information content (AvgIpc) is 2.46. The summed E-state index contributed by atoms with van der Waals surface area (Å²) in [7, 11) is -2.94. The Morgan fingerprint density at radius 1 is 1.19 bits per heavy atom. The van der Waals surface area contributed by atoms with Crippen molar-refractivity contribution in [2.24, 2.45) is 0 Å². The zero-order valence-corrected chi connectivity index (χ0v) is 12.0. The van der Waals surface area contributed by atoms with E-state index < -0.39 is 26.9 Å². The molecule has 1 rings (SSSR count). The van der Waals surface area contributed by atoms with Crippen molar-refractivity contribution in [3.05, 3.63) is 54.6 Å². The molecule has 0 aromatic heterocycles. The van der Waals surface area contributed by atoms with E-state index in [1.807, 2.05) is 30.3 Å². The Labute approximate surface area is 124 Å². The smallest absolute Gasteiger partial charge is 0.358 e. The first-order chi connectivity index (χ1) is 10.1. The van der Waals surface area contributed by atoms with Gasteiger partial charge in [-0.15, -0.1) is 0 Å². The quantitative estimate of drug-likeness (QED) is 0.330. The zero-order chi connectivity index (χ0) is 15.7. The molecule has 5 nitrogen and oxygen atoms in total. The number of Topliss-reactive ketones (excluding diaryl/α,β-unsaturated/α-hetero) is 1. The number of rotatable bonds is 7. The highest BCUT2D eigenvalue weighted by atomic mass is 32.2. The van der Waals surface area contributed by atoms with Gasteiger partial charge in [-0.2, -0.15) is 8.42 Å². The molecule has 0 N–H and O–H groups in total. The van der Waals surface area contributed by atoms with Crippen LogP contribution in [0.4, 0.5) is 0 Å². The minimum absolute atomic E-state index is 0.160. The van der Waals surface area contributed by atoms with Gasteiger partial charge < -0.3 is 4.74 Å². The van der Waals surface area contributed by atoms with Crippen LogP contribution in [0.15, 0.2) is 49.1 Å². The van der Waals surface area contributed by atoms with Crippen LogP contribution in [0.1, 0.15) is 12.0 Å². The van der Waals surface area contributed by atoms with Crippen molar-refractivity contribution >= 4 is 33.0 Å². The Balaban J connectivity index is 2.76. The maximum atomic E-state index is 11.8. The predicted octanol–water partition coefficient (Wildman–Crippen LogP) is 1.44. The molecule has 0 saturated heterocycles. The molecular weight excluding hydrogens is 292 g/mol. The van der Waals surface area contributed by atoms with Gasteiger partial charge in [0.2, 0.25) is 15.2 Å². The highest BCUT2D eigenvalue weighted by molar-refractivity contribution is 7.76. The molecule has 0 saturated carbocycles. The summed E-state index contributed by atoms with van der Waals surface area (Å²) in [6, 6.07) is 9.17. The lowest BCUT2D eigenvalue weighted by Crippen LogP contribution is -2.27. The summed E-state index contributed by atoms with van der Waals surface area (Å²) in [4.78, 5) is 22.4. The van der Waals surface area contributed by atoms with Crippen LogP contribution in [0.25, 0.3) is 6.08 Å². The molecule has 0 aliphatic heterocycles. The number of allylic oxidation sites excluding steroid dienone is 1. The molecule has 0 amide bonds. The van der Waals surface area contributed by atoms with Gasteiger partial charge >= 0.3 is 5.97 Å². The van der Waals surface area contributed by atoms with Gasteiger partial charge in [0, 0.05) is 6.42 Å². The summed E-state index contributed by atoms with van der Waals surface area (Å²) in [5.74, 6) is -1.98. The lowest BCUT2D eigenvalue weighted by Gasteiger charge is -2.00. The third-order valence-corrected chi connectivity index (χ3v) is 3.08. The Morgan fingerprint density at radius 2 is 1.86 bits per heavy atom. The van der Waals surface area contributed by atoms with E-state index in [1.165, 1.54) is 12.2 Å². The summed E-state index contributed by atoms with van der Waals surface area (Å²) in [6.45, 7) is 3.17. The summed E-state index contributed by atoms with van der Waals surface area (Å²) in [5.41, 5.74) is 0.865. The van der Waals surface area contributed by atoms with Gasteiger partial charge in [0.25, 0.3) is 0 Å². The molecule has 110 valence electrons. The van der Waals surface area contributed by atoms with Crippen molar-refractivity contribution in [3.63, 3.8) is 0 Å². The van der Waals surface area contributed by atoms with Gasteiger partial charge in [-0.3, -0.25) is 4.79 Å². The third kappa shape index (κ3) is 5.58. The molecule has 1 aromatic carbocycles. The Bertz CT molecular complexity index is 676. The molecule has 0 aliphatic carbocycles. The highest BCUT2D eigenvalue weighted by Crippen LogP contribution is 2.02. The van der Waals surface area contributed by atoms with E-state index in [4.69, 9.17) is 0 Å². The largest absolute Gasteiger partial charge is 0.457 e. The van der Waals surface area contributed by atoms with Crippen molar-refractivity contribution in [3.8, 4) is 0 Å². The molecule has 0 atom stereocenters. The predicted molar refractivity (Wildman–Crippen MR) is 80.2 cm³/mol. The number of carbonyl (C=O) groups excluding carboxylic acids is 2. The maximum absolute atomic E-state index is 11.8. The lowest BCUT2D eigenvalue weighted by atomic mass is 10.1. The summed E-state index contributed by atoms with van der Waals surface area (Å²) in [5, 5.41) is 0. The van der Waals surface area contributed by atoms with Gasteiger partial charge in [0.15, 0.2) is 5.78 Å². The highest BCUT2D eigenvalue weighted by Gasteiger charge is 2.22. The number of hydrogen-bond acceptors (Lipinski definition) is 5. The normalized spacial score (nSPS) is 10.1. The Hall–Kier alpha value is -2.47. The van der Waals surface area contributed by atoms with Crippen molar-refractivity contribution in [2.45, 2.75) is 6.42 Å². The Morgan fingerprint density at radius 3 is 2.43 bits per heavy atom. The van der Waals surface area contributed by atoms with Crippen molar-refractivity contribution in [1.29, 1.82) is 0 Å². The molecule has 0 aliphatic rings. The topological polar surface area (TPSA) is 77.5 Å². The number of esters is 1. The van der Waals surface area contributed by atoms with E-state index in [9.17, 15) is 18.0 Å². The fourth-order valence-electron chi connectivity index (χ4n) is 1.43. The van der Waals surface area contributed by atoms with Gasteiger partial charge in [-0.05, 0) is 5.56 Å². The molecule has 21 heavy (non-hydrogen) atoms. The fraction of sp³-hybridized carbons (Fsp3) is 0.133. The van der Waals surface area contributed by atoms with Crippen molar-refractivity contribution in [2.75, 3.05) is 6.61 Å². The lowest BCUT2D eigenvalue weighted by molar-refractivity contribution is -0.134. The minimum Gasteiger partial charge on any atom is -0.457 e. The number of carbonyl (C=O) groups is 2. The minimum atomic E-state index is -2.94. The third-order valence-electron chi connectivity index (χ3n) is 2.35. The molecule has 0 bridgehead atoms. The van der Waals surface area contributed by atoms with E-state index >= 15 is 0 Å². The van der Waals surface area contributed by atoms with E-state index in [2.05, 4.69) is 11.3 Å². The molecule has 0 fully saturated rings. The summed E-state index contributed by atoms with van der Waals surface area (Å²) < 4.78 is 26.5. The van der Waals surface area contributed by atoms with Crippen molar-refractivity contribution in [1.82, 2.24) is 0 Å². The number of hydrogen-bond donors (Lipinski definition) is 0. The second-order valence-electron chi connectivity index (χ2n) is 3.89. The molecule has 6 heteroatoms. The molecule has 0 heterocycles. The first kappa shape index (κ1) is 16.6. The van der Waals surface area contributed by atoms with Crippen LogP contribution in [0.3, 0.4) is 0 Å². The second kappa shape index (κ2) is 8.65. The van der Waals surface area contributed by atoms with Crippen LogP contribution in [0, 0.1) is 0 Å². The van der Waals surface area contributed by atoms with Crippen LogP contribution in [0.5, 0.6) is 0 Å². The molecule has 0 unspecified atom stereocenters. The van der Waals surface area contributed by atoms with Gasteiger partial charge in [0.05, 0.1) is 0 Å². The second-order valence-corrected chi connectivity index (χ2v) is 4.77. The zero-order valence-electron chi connectivity index (χ0n) is 11.2. The molecule has 0 spiro atoms. The van der Waals surface area contributed by atoms with Crippen LogP contribution in [-0.4, -0.2) is 31.6 Å². The summed E-state index contributed by atoms with van der Waals surface area (Å²) >= 11 is 0. The first-order valence-electron chi connectivity index (χ1n) is 6.05. The molecular formula is C15H14O5S. The van der Waals surface area contributed by atoms with Crippen LogP contribution >= 0.6 is 0 Å². The number of ether oxygens (including phenoxy) is 1. The van der Waals surface area contributed by atoms with Crippen LogP contribution in [0.2, 0.25) is 0 Å². The van der Waals surface area contributed by atoms with Gasteiger partial charge in [-0.1, -0.05) is 55.1 Å². The van der Waals surface area contributed by atoms with E-state index in [0.717, 1.165) is 5.56 Å². The average molecular weight is 306 g/mol. The molecule has 1 aromatic rings. The van der Waals surface area contributed by atoms with E-state index in [1.54, 1.807) is 6.08 Å². The fourth-order valence-corrected chi connectivity index (χ4v) is 1.90. The summed E-state index contributed by atoms with van der Waals surface area (Å²) in [6.07, 6.45) is 4.23. The van der Waals surface area contributed by atoms with Crippen LogP contribution < -0.4 is 0 Å². The van der Waals surface area contributed by atoms with Crippen LogP contribution in [-0.2, 0) is 24.6 Å². The van der Waals surface area contributed by atoms with E-state index in [-0.39, 0.29) is 13.0 Å². The standard InChI is InChI=1S/C15H14O5S/c1-2-11-20-15(17)14(21(18)19)13(16)10-6-9-12-7-4-3-5-8-12/h2-9H,1,10-11H2. The maximum Gasteiger partial charge on any atom is 0.358 e. The van der Waals surface area contributed by atoms with Crippen molar-refractivity contribution < 1.29 is 22.7 Å². The number of benzene rings is 1. The number of ketones is 1. The first-order valence-corrected chi connectivity index (χ1v) is 7.12. The van der Waals surface area contributed by atoms with E-state index in [0.29, 0.717) is 0 Å². The Kier molecular flexibility index (Phi) is 6.83. The van der Waals surface area contributed by atoms with Gasteiger partial charge in [-0.25, -0.2) is 4.79 Å². The monoisotopic (exact) mass is 306 g/mol.